The first kappa shape index (κ1) is 22.9. The van der Waals surface area contributed by atoms with Crippen molar-refractivity contribution in [1.82, 2.24) is 24.3 Å². The fourth-order valence-electron chi connectivity index (χ4n) is 4.64. The molecule has 2 aromatic heterocycles. The summed E-state index contributed by atoms with van der Waals surface area (Å²) in [5.74, 6) is 1.68. The number of benzene rings is 4. The lowest BCUT2D eigenvalue weighted by Gasteiger charge is -2.14. The highest BCUT2D eigenvalue weighted by Crippen LogP contribution is 2.36. The highest BCUT2D eigenvalue weighted by Gasteiger charge is 2.23. The summed E-state index contributed by atoms with van der Waals surface area (Å²) in [5.41, 5.74) is 7.33. The van der Waals surface area contributed by atoms with Gasteiger partial charge in [0.05, 0.1) is 17.9 Å². The topological polar surface area (TPSA) is 51.4 Å². The number of rotatable bonds is 6. The van der Waals surface area contributed by atoms with Crippen LogP contribution in [-0.2, 0) is 6.54 Å². The molecule has 0 bridgehead atoms. The number of nitrogens with zero attached hydrogens (tertiary/aromatic N) is 4. The molecular weight excluding hydrogens is 474 g/mol. The predicted octanol–water partition coefficient (Wildman–Crippen LogP) is 7.48. The van der Waals surface area contributed by atoms with Crippen LogP contribution in [-0.4, -0.2) is 24.3 Å². The number of hydrogen-bond donors (Lipinski definition) is 1. The van der Waals surface area contributed by atoms with Gasteiger partial charge in [-0.25, -0.2) is 4.98 Å². The van der Waals surface area contributed by atoms with E-state index in [2.05, 4.69) is 94.5 Å². The second kappa shape index (κ2) is 9.84. The second-order valence-electron chi connectivity index (χ2n) is 8.93. The first-order chi connectivity index (χ1) is 18.2. The van der Waals surface area contributed by atoms with Crippen LogP contribution in [0, 0.1) is 11.7 Å². The van der Waals surface area contributed by atoms with Crippen LogP contribution in [0.1, 0.15) is 11.4 Å². The standard InChI is InChI=1S/C31H25N5S/c1-22-17-19-26(20-18-22)36-27(33-34-31(36)37)21-35-29(24-13-7-3-8-14-24)28(23-11-5-2-6-12-23)32-30(35)25-15-9-4-10-16-25/h2-20H,21H2,1H3,(H,34,37). The smallest absolute Gasteiger partial charge is 0.199 e. The number of aryl methyl sites for hydroxylation is 1. The van der Waals surface area contributed by atoms with Gasteiger partial charge in [-0.2, -0.15) is 5.10 Å². The minimum atomic E-state index is 0.481. The van der Waals surface area contributed by atoms with Gasteiger partial charge in [-0.05, 0) is 31.3 Å². The summed E-state index contributed by atoms with van der Waals surface area (Å²) in [4.78, 5) is 5.23. The number of nitrogens with one attached hydrogen (secondary N) is 1. The molecule has 0 fully saturated rings. The van der Waals surface area contributed by atoms with Gasteiger partial charge in [0.2, 0.25) is 0 Å². The van der Waals surface area contributed by atoms with E-state index >= 15 is 0 Å². The lowest BCUT2D eigenvalue weighted by atomic mass is 10.0. The zero-order valence-corrected chi connectivity index (χ0v) is 21.2. The minimum Gasteiger partial charge on any atom is -0.316 e. The van der Waals surface area contributed by atoms with Crippen LogP contribution < -0.4 is 0 Å². The molecule has 0 saturated carbocycles. The van der Waals surface area contributed by atoms with Gasteiger partial charge in [0.15, 0.2) is 10.6 Å². The third-order valence-corrected chi connectivity index (χ3v) is 6.70. The number of imidazole rings is 1. The van der Waals surface area contributed by atoms with E-state index in [1.165, 1.54) is 5.56 Å². The van der Waals surface area contributed by atoms with E-state index in [0.29, 0.717) is 11.3 Å². The Morgan fingerprint density at radius 1 is 0.703 bits per heavy atom. The molecule has 0 aliphatic heterocycles. The third kappa shape index (κ3) is 4.43. The molecule has 0 atom stereocenters. The predicted molar refractivity (Wildman–Crippen MR) is 151 cm³/mol. The lowest BCUT2D eigenvalue weighted by Crippen LogP contribution is -2.10. The van der Waals surface area contributed by atoms with E-state index in [0.717, 1.165) is 45.4 Å². The summed E-state index contributed by atoms with van der Waals surface area (Å²) < 4.78 is 4.81. The number of aromatic nitrogens is 5. The van der Waals surface area contributed by atoms with E-state index < -0.39 is 0 Å². The van der Waals surface area contributed by atoms with Crippen LogP contribution in [0.25, 0.3) is 39.6 Å². The van der Waals surface area contributed by atoms with Gasteiger partial charge in [0, 0.05) is 22.4 Å². The van der Waals surface area contributed by atoms with E-state index in [1.54, 1.807) is 0 Å². The highest BCUT2D eigenvalue weighted by molar-refractivity contribution is 7.71. The molecule has 6 rings (SSSR count). The lowest BCUT2D eigenvalue weighted by molar-refractivity contribution is 0.735. The summed E-state index contributed by atoms with van der Waals surface area (Å²) >= 11 is 5.66. The van der Waals surface area contributed by atoms with Gasteiger partial charge in [-0.15, -0.1) is 0 Å². The fourth-order valence-corrected chi connectivity index (χ4v) is 4.89. The number of aromatic amines is 1. The van der Waals surface area contributed by atoms with E-state index in [-0.39, 0.29) is 0 Å². The van der Waals surface area contributed by atoms with E-state index in [4.69, 9.17) is 17.2 Å². The Balaban J connectivity index is 1.61. The first-order valence-corrected chi connectivity index (χ1v) is 12.6. The molecule has 0 spiro atoms. The monoisotopic (exact) mass is 499 g/mol. The van der Waals surface area contributed by atoms with Crippen LogP contribution in [0.15, 0.2) is 115 Å². The van der Waals surface area contributed by atoms with Crippen molar-refractivity contribution in [2.75, 3.05) is 0 Å². The zero-order chi connectivity index (χ0) is 25.2. The van der Waals surface area contributed by atoms with Crippen LogP contribution >= 0.6 is 12.2 Å². The van der Waals surface area contributed by atoms with Gasteiger partial charge < -0.3 is 4.57 Å². The number of H-pyrrole nitrogens is 1. The SMILES string of the molecule is Cc1ccc(-n2c(Cn3c(-c4ccccc4)nc(-c4ccccc4)c3-c3ccccc3)n[nH]c2=S)cc1. The van der Waals surface area contributed by atoms with Crippen molar-refractivity contribution in [2.45, 2.75) is 13.5 Å². The summed E-state index contributed by atoms with van der Waals surface area (Å²) in [5, 5.41) is 7.67. The molecule has 4 aromatic carbocycles. The Hall–Kier alpha value is -4.55. The summed E-state index contributed by atoms with van der Waals surface area (Å²) in [6, 6.07) is 39.4. The van der Waals surface area contributed by atoms with Crippen LogP contribution in [0.5, 0.6) is 0 Å². The summed E-state index contributed by atoms with van der Waals surface area (Å²) in [7, 11) is 0. The molecule has 180 valence electrons. The van der Waals surface area contributed by atoms with Crippen molar-refractivity contribution in [2.24, 2.45) is 0 Å². The zero-order valence-electron chi connectivity index (χ0n) is 20.4. The van der Waals surface area contributed by atoms with Gasteiger partial charge in [-0.1, -0.05) is 109 Å². The van der Waals surface area contributed by atoms with Crippen molar-refractivity contribution >= 4 is 12.2 Å². The molecular formula is C31H25N5S. The Labute approximate surface area is 220 Å². The van der Waals surface area contributed by atoms with Gasteiger partial charge in [0.25, 0.3) is 0 Å². The van der Waals surface area contributed by atoms with Crippen molar-refractivity contribution in [3.8, 4) is 39.6 Å². The average molecular weight is 500 g/mol. The third-order valence-electron chi connectivity index (χ3n) is 6.43. The van der Waals surface area contributed by atoms with E-state index in [1.807, 2.05) is 47.0 Å². The fraction of sp³-hybridized carbons (Fsp3) is 0.0645. The first-order valence-electron chi connectivity index (χ1n) is 12.2. The average Bonchev–Trinajstić information content (AvgIpc) is 3.51. The van der Waals surface area contributed by atoms with Crippen LogP contribution in [0.3, 0.4) is 0 Å². The molecule has 37 heavy (non-hydrogen) atoms. The maximum Gasteiger partial charge on any atom is 0.199 e. The van der Waals surface area contributed by atoms with Crippen molar-refractivity contribution in [3.63, 3.8) is 0 Å². The Kier molecular flexibility index (Phi) is 6.08. The minimum absolute atomic E-state index is 0.481. The van der Waals surface area contributed by atoms with Crippen LogP contribution in [0.4, 0.5) is 0 Å². The quantitative estimate of drug-likeness (QED) is 0.242. The molecule has 0 saturated heterocycles. The molecule has 0 aliphatic rings. The second-order valence-corrected chi connectivity index (χ2v) is 9.32. The van der Waals surface area contributed by atoms with Crippen molar-refractivity contribution < 1.29 is 0 Å². The molecule has 0 unspecified atom stereocenters. The molecule has 6 heteroatoms. The summed E-state index contributed by atoms with van der Waals surface area (Å²) in [6.07, 6.45) is 0. The largest absolute Gasteiger partial charge is 0.316 e. The van der Waals surface area contributed by atoms with Gasteiger partial charge in [0.1, 0.15) is 5.82 Å². The molecule has 1 N–H and O–H groups in total. The Bertz CT molecular complexity index is 1700. The Morgan fingerprint density at radius 2 is 1.27 bits per heavy atom. The number of hydrogen-bond acceptors (Lipinski definition) is 3. The van der Waals surface area contributed by atoms with Crippen molar-refractivity contribution in [1.29, 1.82) is 0 Å². The van der Waals surface area contributed by atoms with Gasteiger partial charge in [-0.3, -0.25) is 9.67 Å². The molecule has 0 radical (unpaired) electrons. The summed E-state index contributed by atoms with van der Waals surface area (Å²) in [6.45, 7) is 2.56. The van der Waals surface area contributed by atoms with E-state index in [9.17, 15) is 0 Å². The molecule has 0 amide bonds. The van der Waals surface area contributed by atoms with Crippen molar-refractivity contribution in [3.05, 3.63) is 131 Å². The Morgan fingerprint density at radius 3 is 1.89 bits per heavy atom. The molecule has 0 aliphatic carbocycles. The molecule has 2 heterocycles. The molecule has 6 aromatic rings. The maximum absolute atomic E-state index is 5.66. The molecule has 5 nitrogen and oxygen atoms in total. The normalized spacial score (nSPS) is 11.1. The maximum atomic E-state index is 5.66. The highest BCUT2D eigenvalue weighted by atomic mass is 32.1. The van der Waals surface area contributed by atoms with Gasteiger partial charge >= 0.3 is 0 Å². The van der Waals surface area contributed by atoms with Crippen LogP contribution in [0.2, 0.25) is 0 Å².